The number of rotatable bonds is 3. The molecule has 1 saturated carbocycles. The molecule has 4 heteroatoms. The van der Waals surface area contributed by atoms with E-state index in [1.807, 2.05) is 30.3 Å². The minimum Gasteiger partial charge on any atom is -0.329 e. The predicted octanol–water partition coefficient (Wildman–Crippen LogP) is 3.02. The highest BCUT2D eigenvalue weighted by molar-refractivity contribution is 5.54. The average Bonchev–Trinajstić information content (AvgIpc) is 2.88. The molecular weight excluding hydrogens is 248 g/mol. The van der Waals surface area contributed by atoms with Crippen LogP contribution in [0.5, 0.6) is 0 Å². The van der Waals surface area contributed by atoms with Crippen molar-refractivity contribution >= 4 is 0 Å². The Bertz CT molecular complexity index is 539. The van der Waals surface area contributed by atoms with Crippen LogP contribution in [0.2, 0.25) is 0 Å². The molecule has 1 fully saturated rings. The van der Waals surface area contributed by atoms with Crippen molar-refractivity contribution in [1.29, 1.82) is 0 Å². The maximum atomic E-state index is 6.10. The van der Waals surface area contributed by atoms with Crippen LogP contribution in [0.25, 0.3) is 11.4 Å². The number of nitrogens with two attached hydrogens (primary N) is 1. The Balaban J connectivity index is 1.91. The van der Waals surface area contributed by atoms with Crippen LogP contribution in [0.15, 0.2) is 30.3 Å². The first kappa shape index (κ1) is 13.3. The Hall–Kier alpha value is -1.68. The molecule has 0 amide bonds. The van der Waals surface area contributed by atoms with Gasteiger partial charge in [0.2, 0.25) is 0 Å². The van der Waals surface area contributed by atoms with Gasteiger partial charge in [-0.15, -0.1) is 0 Å². The number of nitrogens with zero attached hydrogens (tertiary/aromatic N) is 2. The normalized spacial score (nSPS) is 18.6. The summed E-state index contributed by atoms with van der Waals surface area (Å²) in [5, 5.41) is 7.55. The molecule has 1 aromatic heterocycles. The third-order valence-electron chi connectivity index (χ3n) is 4.47. The molecule has 0 saturated heterocycles. The van der Waals surface area contributed by atoms with Crippen molar-refractivity contribution < 1.29 is 0 Å². The lowest BCUT2D eigenvalue weighted by Gasteiger charge is -2.28. The van der Waals surface area contributed by atoms with Crippen LogP contribution in [0.3, 0.4) is 0 Å². The molecule has 0 bridgehead atoms. The van der Waals surface area contributed by atoms with Gasteiger partial charge in [-0.2, -0.15) is 5.10 Å². The van der Waals surface area contributed by atoms with E-state index in [0.29, 0.717) is 6.54 Å². The molecule has 0 spiro atoms. The summed E-state index contributed by atoms with van der Waals surface area (Å²) < 4.78 is 0. The van der Waals surface area contributed by atoms with Gasteiger partial charge in [0.05, 0.1) is 0 Å². The molecule has 0 unspecified atom stereocenters. The Morgan fingerprint density at radius 2 is 1.75 bits per heavy atom. The van der Waals surface area contributed by atoms with E-state index in [0.717, 1.165) is 30.1 Å². The lowest BCUT2D eigenvalue weighted by Crippen LogP contribution is -2.35. The van der Waals surface area contributed by atoms with E-state index in [9.17, 15) is 0 Å². The van der Waals surface area contributed by atoms with Gasteiger partial charge in [-0.3, -0.25) is 5.10 Å². The smallest absolute Gasteiger partial charge is 0.181 e. The van der Waals surface area contributed by atoms with Gasteiger partial charge in [-0.05, 0) is 12.8 Å². The lowest BCUT2D eigenvalue weighted by atomic mass is 9.79. The molecule has 20 heavy (non-hydrogen) atoms. The lowest BCUT2D eigenvalue weighted by molar-refractivity contribution is 0.360. The van der Waals surface area contributed by atoms with Crippen LogP contribution in [0.1, 0.15) is 44.3 Å². The van der Waals surface area contributed by atoms with Crippen molar-refractivity contribution in [1.82, 2.24) is 15.2 Å². The van der Waals surface area contributed by atoms with Crippen molar-refractivity contribution in [2.24, 2.45) is 5.73 Å². The van der Waals surface area contributed by atoms with Crippen LogP contribution < -0.4 is 5.73 Å². The summed E-state index contributed by atoms with van der Waals surface area (Å²) in [5.74, 6) is 1.75. The zero-order valence-corrected chi connectivity index (χ0v) is 11.8. The fraction of sp³-hybridized carbons (Fsp3) is 0.500. The number of aromatic nitrogens is 3. The Labute approximate surface area is 119 Å². The average molecular weight is 270 g/mol. The number of hydrogen-bond donors (Lipinski definition) is 2. The van der Waals surface area contributed by atoms with Gasteiger partial charge in [0.15, 0.2) is 5.82 Å². The van der Waals surface area contributed by atoms with Gasteiger partial charge in [0.1, 0.15) is 5.82 Å². The molecule has 1 aliphatic rings. The number of benzene rings is 1. The highest BCUT2D eigenvalue weighted by atomic mass is 15.2. The first-order valence-electron chi connectivity index (χ1n) is 7.52. The van der Waals surface area contributed by atoms with Gasteiger partial charge in [-0.1, -0.05) is 56.0 Å². The molecule has 0 aliphatic heterocycles. The second-order valence-electron chi connectivity index (χ2n) is 5.77. The summed E-state index contributed by atoms with van der Waals surface area (Å²) in [6, 6.07) is 10.1. The summed E-state index contributed by atoms with van der Waals surface area (Å²) >= 11 is 0. The van der Waals surface area contributed by atoms with E-state index < -0.39 is 0 Å². The third-order valence-corrected chi connectivity index (χ3v) is 4.47. The molecule has 2 aromatic rings. The van der Waals surface area contributed by atoms with Crippen LogP contribution in [0.4, 0.5) is 0 Å². The number of H-pyrrole nitrogens is 1. The topological polar surface area (TPSA) is 67.6 Å². The molecule has 3 N–H and O–H groups in total. The zero-order chi connectivity index (χ0) is 13.8. The Morgan fingerprint density at radius 1 is 1.05 bits per heavy atom. The monoisotopic (exact) mass is 270 g/mol. The molecule has 1 aromatic carbocycles. The standard InChI is InChI=1S/C16H22N4/c17-12-16(10-6-1-2-7-11-16)15-18-14(19-20-15)13-8-4-3-5-9-13/h3-5,8-9H,1-2,6-7,10-12,17H2,(H,18,19,20). The molecule has 4 nitrogen and oxygen atoms in total. The SMILES string of the molecule is NCC1(c2nc(-c3ccccc3)n[nH]2)CCCCCC1. The summed E-state index contributed by atoms with van der Waals surface area (Å²) in [6.45, 7) is 0.649. The predicted molar refractivity (Wildman–Crippen MR) is 80.3 cm³/mol. The van der Waals surface area contributed by atoms with E-state index >= 15 is 0 Å². The minimum absolute atomic E-state index is 0.00344. The summed E-state index contributed by atoms with van der Waals surface area (Å²) in [7, 11) is 0. The van der Waals surface area contributed by atoms with E-state index in [1.165, 1.54) is 25.7 Å². The van der Waals surface area contributed by atoms with Crippen molar-refractivity contribution in [3.63, 3.8) is 0 Å². The molecule has 0 atom stereocenters. The number of aromatic amines is 1. The van der Waals surface area contributed by atoms with Gasteiger partial charge < -0.3 is 5.73 Å². The quantitative estimate of drug-likeness (QED) is 0.842. The van der Waals surface area contributed by atoms with E-state index in [-0.39, 0.29) is 5.41 Å². The zero-order valence-electron chi connectivity index (χ0n) is 11.8. The van der Waals surface area contributed by atoms with Crippen LogP contribution in [0, 0.1) is 0 Å². The van der Waals surface area contributed by atoms with Crippen LogP contribution >= 0.6 is 0 Å². The summed E-state index contributed by atoms with van der Waals surface area (Å²) in [5.41, 5.74) is 7.15. The summed E-state index contributed by atoms with van der Waals surface area (Å²) in [4.78, 5) is 4.74. The first-order chi connectivity index (χ1) is 9.84. The molecule has 106 valence electrons. The Kier molecular flexibility index (Phi) is 3.83. The fourth-order valence-corrected chi connectivity index (χ4v) is 3.16. The first-order valence-corrected chi connectivity index (χ1v) is 7.52. The number of hydrogen-bond acceptors (Lipinski definition) is 3. The highest BCUT2D eigenvalue weighted by Gasteiger charge is 2.34. The van der Waals surface area contributed by atoms with Gasteiger partial charge in [0, 0.05) is 17.5 Å². The fourth-order valence-electron chi connectivity index (χ4n) is 3.16. The largest absolute Gasteiger partial charge is 0.329 e. The van der Waals surface area contributed by atoms with Gasteiger partial charge in [0.25, 0.3) is 0 Å². The second kappa shape index (κ2) is 5.75. The van der Waals surface area contributed by atoms with E-state index in [1.54, 1.807) is 0 Å². The third kappa shape index (κ3) is 2.48. The van der Waals surface area contributed by atoms with Crippen molar-refractivity contribution in [2.75, 3.05) is 6.54 Å². The molecule has 0 radical (unpaired) electrons. The van der Waals surface area contributed by atoms with Gasteiger partial charge in [-0.25, -0.2) is 4.98 Å². The van der Waals surface area contributed by atoms with E-state index in [2.05, 4.69) is 10.2 Å². The highest BCUT2D eigenvalue weighted by Crippen LogP contribution is 2.36. The maximum absolute atomic E-state index is 6.10. The molecular formula is C16H22N4. The van der Waals surface area contributed by atoms with Crippen LogP contribution in [-0.2, 0) is 5.41 Å². The van der Waals surface area contributed by atoms with Crippen LogP contribution in [-0.4, -0.2) is 21.7 Å². The molecule has 3 rings (SSSR count). The van der Waals surface area contributed by atoms with Crippen molar-refractivity contribution in [2.45, 2.75) is 43.9 Å². The summed E-state index contributed by atoms with van der Waals surface area (Å²) in [6.07, 6.45) is 7.32. The maximum Gasteiger partial charge on any atom is 0.181 e. The number of nitrogens with one attached hydrogen (secondary N) is 1. The second-order valence-corrected chi connectivity index (χ2v) is 5.77. The van der Waals surface area contributed by atoms with Crippen molar-refractivity contribution in [3.8, 4) is 11.4 Å². The Morgan fingerprint density at radius 3 is 2.40 bits per heavy atom. The minimum atomic E-state index is -0.00344. The van der Waals surface area contributed by atoms with Gasteiger partial charge >= 0.3 is 0 Å². The van der Waals surface area contributed by atoms with Crippen molar-refractivity contribution in [3.05, 3.63) is 36.2 Å². The molecule has 1 heterocycles. The van der Waals surface area contributed by atoms with E-state index in [4.69, 9.17) is 10.7 Å². The molecule has 1 aliphatic carbocycles.